The number of imidazole rings is 1. The van der Waals surface area contributed by atoms with Crippen molar-refractivity contribution in [2.45, 2.75) is 71.3 Å². The van der Waals surface area contributed by atoms with Gasteiger partial charge >= 0.3 is 6.01 Å². The van der Waals surface area contributed by atoms with E-state index in [2.05, 4.69) is 27.2 Å². The van der Waals surface area contributed by atoms with Gasteiger partial charge in [0.05, 0.1) is 13.7 Å². The second-order valence-electron chi connectivity index (χ2n) is 7.91. The second-order valence-corrected chi connectivity index (χ2v) is 7.91. The van der Waals surface area contributed by atoms with E-state index in [9.17, 15) is 0 Å². The first kappa shape index (κ1) is 21.6. The Balaban J connectivity index is 1.55. The number of aryl methyl sites for hydroxylation is 1. The molecule has 3 N–H and O–H groups in total. The normalized spacial score (nSPS) is 15.1. The van der Waals surface area contributed by atoms with E-state index in [1.54, 1.807) is 7.11 Å². The van der Waals surface area contributed by atoms with Crippen LogP contribution in [0, 0.1) is 5.92 Å². The Morgan fingerprint density at radius 1 is 1.07 bits per heavy atom. The van der Waals surface area contributed by atoms with Gasteiger partial charge < -0.3 is 20.5 Å². The first-order valence-corrected chi connectivity index (χ1v) is 11.1. The van der Waals surface area contributed by atoms with Crippen molar-refractivity contribution in [3.63, 3.8) is 0 Å². The Labute approximate surface area is 173 Å². The molecule has 162 valence electrons. The molecular weight excluding hydrogens is 368 g/mol. The number of hydrogen-bond acceptors (Lipinski definition) is 7. The lowest BCUT2D eigenvalue weighted by molar-refractivity contribution is 0.286. The minimum atomic E-state index is 0.314. The monoisotopic (exact) mass is 404 g/mol. The average Bonchev–Trinajstić information content (AvgIpc) is 3.10. The fourth-order valence-electron chi connectivity index (χ4n) is 3.94. The number of nitrogen functional groups attached to an aromatic ring is 1. The zero-order valence-corrected chi connectivity index (χ0v) is 18.0. The Kier molecular flexibility index (Phi) is 8.34. The molecule has 0 spiro atoms. The van der Waals surface area contributed by atoms with Crippen molar-refractivity contribution >= 4 is 17.0 Å². The van der Waals surface area contributed by atoms with E-state index >= 15 is 0 Å². The Hall–Kier alpha value is -2.09. The summed E-state index contributed by atoms with van der Waals surface area (Å²) in [6.45, 7) is 5.89. The van der Waals surface area contributed by atoms with Crippen LogP contribution in [0.3, 0.4) is 0 Å². The molecule has 2 aromatic rings. The third-order valence-electron chi connectivity index (χ3n) is 5.68. The lowest BCUT2D eigenvalue weighted by Crippen LogP contribution is -2.27. The molecule has 8 nitrogen and oxygen atoms in total. The van der Waals surface area contributed by atoms with Crippen molar-refractivity contribution in [3.05, 3.63) is 0 Å². The van der Waals surface area contributed by atoms with Gasteiger partial charge in [-0.3, -0.25) is 4.57 Å². The van der Waals surface area contributed by atoms with Crippen LogP contribution in [0.15, 0.2) is 0 Å². The third-order valence-corrected chi connectivity index (χ3v) is 5.68. The lowest BCUT2D eigenvalue weighted by Gasteiger charge is -2.22. The first-order valence-electron chi connectivity index (χ1n) is 11.1. The molecule has 0 aromatic carbocycles. The van der Waals surface area contributed by atoms with E-state index in [1.807, 2.05) is 4.57 Å². The van der Waals surface area contributed by atoms with E-state index in [4.69, 9.17) is 15.2 Å². The number of ether oxygens (including phenoxy) is 2. The van der Waals surface area contributed by atoms with Gasteiger partial charge in [0, 0.05) is 6.54 Å². The summed E-state index contributed by atoms with van der Waals surface area (Å²) in [6.07, 6.45) is 10.9. The molecule has 29 heavy (non-hydrogen) atoms. The minimum Gasteiger partial charge on any atom is -0.468 e. The first-order chi connectivity index (χ1) is 14.2. The SMILES string of the molecule is CCCCOc1nc(N)c2nc(OC)n(CCCCCCC3CCNCC3)c2n1. The molecular formula is C21H36N6O2. The van der Waals surface area contributed by atoms with Crippen molar-refractivity contribution < 1.29 is 9.47 Å². The summed E-state index contributed by atoms with van der Waals surface area (Å²) in [5, 5.41) is 3.44. The topological polar surface area (TPSA) is 100 Å². The molecule has 0 radical (unpaired) electrons. The summed E-state index contributed by atoms with van der Waals surface area (Å²) in [4.78, 5) is 13.3. The molecule has 0 amide bonds. The van der Waals surface area contributed by atoms with Crippen LogP contribution in [0.1, 0.15) is 64.7 Å². The van der Waals surface area contributed by atoms with E-state index in [1.165, 1.54) is 51.6 Å². The highest BCUT2D eigenvalue weighted by Gasteiger charge is 2.18. The summed E-state index contributed by atoms with van der Waals surface area (Å²) in [7, 11) is 1.62. The molecule has 0 aliphatic carbocycles. The number of methoxy groups -OCH3 is 1. The molecule has 1 saturated heterocycles. The van der Waals surface area contributed by atoms with Crippen molar-refractivity contribution in [2.75, 3.05) is 32.5 Å². The highest BCUT2D eigenvalue weighted by molar-refractivity contribution is 5.83. The largest absolute Gasteiger partial charge is 0.468 e. The van der Waals surface area contributed by atoms with Crippen LogP contribution >= 0.6 is 0 Å². The zero-order valence-electron chi connectivity index (χ0n) is 18.0. The van der Waals surface area contributed by atoms with Crippen LogP contribution in [0.4, 0.5) is 5.82 Å². The number of piperidine rings is 1. The molecule has 0 unspecified atom stereocenters. The lowest BCUT2D eigenvalue weighted by atomic mass is 9.92. The molecule has 8 heteroatoms. The van der Waals surface area contributed by atoms with E-state index in [-0.39, 0.29) is 0 Å². The van der Waals surface area contributed by atoms with Gasteiger partial charge in [-0.1, -0.05) is 39.0 Å². The van der Waals surface area contributed by atoms with Crippen LogP contribution in [0.2, 0.25) is 0 Å². The van der Waals surface area contributed by atoms with Crippen molar-refractivity contribution in [3.8, 4) is 12.0 Å². The fraction of sp³-hybridized carbons (Fsp3) is 0.762. The number of nitrogens with two attached hydrogens (primary N) is 1. The predicted molar refractivity (Wildman–Crippen MR) is 115 cm³/mol. The number of nitrogens with one attached hydrogen (secondary N) is 1. The van der Waals surface area contributed by atoms with Crippen molar-refractivity contribution in [1.82, 2.24) is 24.8 Å². The summed E-state index contributed by atoms with van der Waals surface area (Å²) in [6, 6.07) is 0.843. The number of nitrogens with zero attached hydrogens (tertiary/aromatic N) is 4. The maximum atomic E-state index is 6.10. The number of unbranched alkanes of at least 4 members (excludes halogenated alkanes) is 4. The van der Waals surface area contributed by atoms with Crippen LogP contribution in [-0.4, -0.2) is 46.3 Å². The van der Waals surface area contributed by atoms with Gasteiger partial charge in [-0.05, 0) is 44.7 Å². The van der Waals surface area contributed by atoms with Crippen LogP contribution in [0.25, 0.3) is 11.2 Å². The van der Waals surface area contributed by atoms with Gasteiger partial charge in [-0.25, -0.2) is 0 Å². The number of aromatic nitrogens is 4. The quantitative estimate of drug-likeness (QED) is 0.522. The molecule has 3 heterocycles. The standard InChI is InChI=1S/C21H36N6O2/c1-3-4-15-29-20-25-18(22)17-19(26-20)27(21(24-17)28-2)14-8-6-5-7-9-16-10-12-23-13-11-16/h16,23H,3-15H2,1-2H3,(H2,22,25,26). The molecule has 0 bridgehead atoms. The molecule has 0 atom stereocenters. The van der Waals surface area contributed by atoms with Gasteiger partial charge in [0.15, 0.2) is 17.0 Å². The molecule has 2 aromatic heterocycles. The van der Waals surface area contributed by atoms with Crippen LogP contribution in [0.5, 0.6) is 12.0 Å². The van der Waals surface area contributed by atoms with Crippen molar-refractivity contribution in [1.29, 1.82) is 0 Å². The van der Waals surface area contributed by atoms with Gasteiger partial charge in [0.1, 0.15) is 0 Å². The van der Waals surface area contributed by atoms with E-state index in [0.717, 1.165) is 31.7 Å². The highest BCUT2D eigenvalue weighted by atomic mass is 16.5. The summed E-state index contributed by atoms with van der Waals surface area (Å²) < 4.78 is 13.1. The van der Waals surface area contributed by atoms with E-state index < -0.39 is 0 Å². The number of fused-ring (bicyclic) bond motifs is 1. The van der Waals surface area contributed by atoms with Crippen molar-refractivity contribution in [2.24, 2.45) is 5.92 Å². The molecule has 0 saturated carbocycles. The minimum absolute atomic E-state index is 0.314. The maximum absolute atomic E-state index is 6.10. The number of rotatable bonds is 12. The molecule has 1 aliphatic rings. The molecule has 1 aliphatic heterocycles. The third kappa shape index (κ3) is 5.95. The van der Waals surface area contributed by atoms with Gasteiger partial charge in [-0.2, -0.15) is 15.0 Å². The summed E-state index contributed by atoms with van der Waals surface area (Å²) in [5.74, 6) is 1.25. The maximum Gasteiger partial charge on any atom is 0.320 e. The number of hydrogen-bond donors (Lipinski definition) is 2. The Morgan fingerprint density at radius 3 is 2.62 bits per heavy atom. The van der Waals surface area contributed by atoms with E-state index in [0.29, 0.717) is 35.6 Å². The fourth-order valence-corrected chi connectivity index (χ4v) is 3.94. The highest BCUT2D eigenvalue weighted by Crippen LogP contribution is 2.26. The second kappa shape index (κ2) is 11.2. The van der Waals surface area contributed by atoms with Gasteiger partial charge in [0.2, 0.25) is 0 Å². The molecule has 1 fully saturated rings. The number of anilines is 1. The summed E-state index contributed by atoms with van der Waals surface area (Å²) in [5.41, 5.74) is 7.37. The van der Waals surface area contributed by atoms with Crippen LogP contribution in [-0.2, 0) is 6.54 Å². The summed E-state index contributed by atoms with van der Waals surface area (Å²) >= 11 is 0. The van der Waals surface area contributed by atoms with Gasteiger partial charge in [0.25, 0.3) is 6.01 Å². The Morgan fingerprint density at radius 2 is 1.86 bits per heavy atom. The average molecular weight is 405 g/mol. The van der Waals surface area contributed by atoms with Gasteiger partial charge in [-0.15, -0.1) is 0 Å². The predicted octanol–water partition coefficient (Wildman–Crippen LogP) is 3.55. The smallest absolute Gasteiger partial charge is 0.320 e. The zero-order chi connectivity index (χ0) is 20.5. The van der Waals surface area contributed by atoms with Crippen LogP contribution < -0.4 is 20.5 Å². The molecule has 3 rings (SSSR count). The Bertz CT molecular complexity index is 757.